The van der Waals surface area contributed by atoms with E-state index in [0.29, 0.717) is 6.61 Å². The van der Waals surface area contributed by atoms with Gasteiger partial charge in [0.05, 0.1) is 13.2 Å². The van der Waals surface area contributed by atoms with Gasteiger partial charge in [0, 0.05) is 17.4 Å². The van der Waals surface area contributed by atoms with Gasteiger partial charge in [-0.1, -0.05) is 68.1 Å². The Labute approximate surface area is 222 Å². The molecule has 0 radical (unpaired) electrons. The standard InChI is InChI=1S/C33H41NO3/c35-28-16-19-32-30(24-28)33(31(25-37-32)26-12-6-5-7-13-26)27-14-17-29(18-15-27)36-23-11-4-2-1-3-8-20-34-21-9-10-22-34/h5-7,12-19,24,31,33,35H,1-4,8-11,20-23,25H2/t31-,33+/m0/s1. The fourth-order valence-electron chi connectivity index (χ4n) is 5.92. The molecule has 2 aliphatic heterocycles. The van der Waals surface area contributed by atoms with E-state index in [1.165, 1.54) is 75.7 Å². The third-order valence-electron chi connectivity index (χ3n) is 7.95. The van der Waals surface area contributed by atoms with Crippen LogP contribution in [0.5, 0.6) is 17.2 Å². The van der Waals surface area contributed by atoms with Gasteiger partial charge >= 0.3 is 0 Å². The Bertz CT molecular complexity index is 1090. The number of fused-ring (bicyclic) bond motifs is 1. The molecule has 1 N–H and O–H groups in total. The smallest absolute Gasteiger partial charge is 0.123 e. The molecule has 0 bridgehead atoms. The first-order valence-corrected chi connectivity index (χ1v) is 14.2. The van der Waals surface area contributed by atoms with Gasteiger partial charge < -0.3 is 19.5 Å². The summed E-state index contributed by atoms with van der Waals surface area (Å²) in [5, 5.41) is 10.2. The number of phenols is 1. The number of unbranched alkanes of at least 4 members (excludes halogenated alkanes) is 5. The van der Waals surface area contributed by atoms with Crippen LogP contribution in [0.4, 0.5) is 0 Å². The fraction of sp³-hybridized carbons (Fsp3) is 0.455. The highest BCUT2D eigenvalue weighted by molar-refractivity contribution is 5.51. The highest BCUT2D eigenvalue weighted by Crippen LogP contribution is 2.47. The monoisotopic (exact) mass is 499 g/mol. The Balaban J connectivity index is 1.12. The lowest BCUT2D eigenvalue weighted by Crippen LogP contribution is -2.25. The van der Waals surface area contributed by atoms with Gasteiger partial charge in [-0.3, -0.25) is 0 Å². The summed E-state index contributed by atoms with van der Waals surface area (Å²) in [6.07, 6.45) is 10.5. The van der Waals surface area contributed by atoms with Crippen LogP contribution in [-0.4, -0.2) is 42.9 Å². The second kappa shape index (κ2) is 13.0. The van der Waals surface area contributed by atoms with E-state index in [4.69, 9.17) is 9.47 Å². The summed E-state index contributed by atoms with van der Waals surface area (Å²) in [5.41, 5.74) is 3.50. The van der Waals surface area contributed by atoms with Crippen LogP contribution in [-0.2, 0) is 0 Å². The molecular formula is C33H41NO3. The number of nitrogens with zero attached hydrogens (tertiary/aromatic N) is 1. The number of aromatic hydroxyl groups is 1. The molecule has 196 valence electrons. The first-order chi connectivity index (χ1) is 18.3. The minimum Gasteiger partial charge on any atom is -0.508 e. The fourth-order valence-corrected chi connectivity index (χ4v) is 5.92. The highest BCUT2D eigenvalue weighted by Gasteiger charge is 2.33. The average Bonchev–Trinajstić information content (AvgIpc) is 3.46. The number of rotatable bonds is 12. The molecule has 2 atom stereocenters. The molecule has 0 aliphatic carbocycles. The summed E-state index contributed by atoms with van der Waals surface area (Å²) < 4.78 is 12.2. The summed E-state index contributed by atoms with van der Waals surface area (Å²) in [5.74, 6) is 2.34. The lowest BCUT2D eigenvalue weighted by atomic mass is 9.76. The molecule has 0 saturated carbocycles. The van der Waals surface area contributed by atoms with Crippen molar-refractivity contribution in [3.8, 4) is 17.2 Å². The van der Waals surface area contributed by atoms with E-state index >= 15 is 0 Å². The first kappa shape index (κ1) is 25.7. The molecule has 4 nitrogen and oxygen atoms in total. The average molecular weight is 500 g/mol. The summed E-state index contributed by atoms with van der Waals surface area (Å²) in [7, 11) is 0. The lowest BCUT2D eigenvalue weighted by Gasteiger charge is -2.34. The Morgan fingerprint density at radius 2 is 1.51 bits per heavy atom. The number of phenolic OH excluding ortho intramolecular Hbond substituents is 1. The van der Waals surface area contributed by atoms with E-state index in [0.717, 1.165) is 30.1 Å². The molecule has 3 aromatic rings. The molecule has 2 heterocycles. The van der Waals surface area contributed by atoms with Crippen LogP contribution in [0, 0.1) is 0 Å². The Kier molecular flexibility index (Phi) is 9.02. The molecule has 1 saturated heterocycles. The van der Waals surface area contributed by atoms with Crippen LogP contribution in [0.2, 0.25) is 0 Å². The van der Waals surface area contributed by atoms with Crippen molar-refractivity contribution < 1.29 is 14.6 Å². The SMILES string of the molecule is Oc1ccc2c(c1)[C@@H](c1ccc(OCCCCCCCCN3CCCC3)cc1)[C@H](c1ccccc1)CO2. The molecule has 2 aliphatic rings. The van der Waals surface area contributed by atoms with Gasteiger partial charge in [-0.05, 0) is 86.8 Å². The zero-order chi connectivity index (χ0) is 25.3. The molecule has 0 unspecified atom stereocenters. The summed E-state index contributed by atoms with van der Waals surface area (Å²) in [6.45, 7) is 5.32. The van der Waals surface area contributed by atoms with Crippen LogP contribution in [0.1, 0.15) is 79.9 Å². The Morgan fingerprint density at radius 3 is 2.30 bits per heavy atom. The van der Waals surface area contributed by atoms with Gasteiger partial charge in [0.15, 0.2) is 0 Å². The topological polar surface area (TPSA) is 41.9 Å². The Hall–Kier alpha value is -2.98. The summed E-state index contributed by atoms with van der Waals surface area (Å²) >= 11 is 0. The van der Waals surface area contributed by atoms with Gasteiger partial charge in [-0.25, -0.2) is 0 Å². The quantitative estimate of drug-likeness (QED) is 0.262. The molecule has 4 heteroatoms. The van der Waals surface area contributed by atoms with Gasteiger partial charge in [-0.2, -0.15) is 0 Å². The van der Waals surface area contributed by atoms with Crippen molar-refractivity contribution in [1.82, 2.24) is 4.90 Å². The van der Waals surface area contributed by atoms with Gasteiger partial charge in [-0.15, -0.1) is 0 Å². The van der Waals surface area contributed by atoms with Crippen LogP contribution in [0.25, 0.3) is 0 Å². The van der Waals surface area contributed by atoms with E-state index < -0.39 is 0 Å². The maximum atomic E-state index is 10.2. The second-order valence-electron chi connectivity index (χ2n) is 10.6. The second-order valence-corrected chi connectivity index (χ2v) is 10.6. The van der Waals surface area contributed by atoms with E-state index in [1.54, 1.807) is 6.07 Å². The van der Waals surface area contributed by atoms with Crippen molar-refractivity contribution in [3.05, 3.63) is 89.5 Å². The van der Waals surface area contributed by atoms with E-state index in [9.17, 15) is 5.11 Å². The van der Waals surface area contributed by atoms with Gasteiger partial charge in [0.25, 0.3) is 0 Å². The molecule has 0 spiro atoms. The molecule has 0 amide bonds. The number of benzene rings is 3. The molecular weight excluding hydrogens is 458 g/mol. The van der Waals surface area contributed by atoms with Crippen molar-refractivity contribution in [1.29, 1.82) is 0 Å². The zero-order valence-corrected chi connectivity index (χ0v) is 22.0. The van der Waals surface area contributed by atoms with E-state index in [2.05, 4.69) is 53.4 Å². The molecule has 1 fully saturated rings. The van der Waals surface area contributed by atoms with Crippen LogP contribution >= 0.6 is 0 Å². The van der Waals surface area contributed by atoms with Crippen LogP contribution < -0.4 is 9.47 Å². The molecule has 37 heavy (non-hydrogen) atoms. The maximum Gasteiger partial charge on any atom is 0.123 e. The summed E-state index contributed by atoms with van der Waals surface area (Å²) in [6, 6.07) is 24.5. The minimum absolute atomic E-state index is 0.109. The maximum absolute atomic E-state index is 10.2. The van der Waals surface area contributed by atoms with Crippen LogP contribution in [0.3, 0.4) is 0 Å². The number of ether oxygens (including phenoxy) is 2. The summed E-state index contributed by atoms with van der Waals surface area (Å²) in [4.78, 5) is 2.62. The van der Waals surface area contributed by atoms with Crippen molar-refractivity contribution in [3.63, 3.8) is 0 Å². The number of hydrogen-bond donors (Lipinski definition) is 1. The van der Waals surface area contributed by atoms with Crippen molar-refractivity contribution in [2.24, 2.45) is 0 Å². The predicted octanol–water partition coefficient (Wildman–Crippen LogP) is 7.52. The minimum atomic E-state index is 0.109. The third-order valence-corrected chi connectivity index (χ3v) is 7.95. The first-order valence-electron chi connectivity index (χ1n) is 14.2. The van der Waals surface area contributed by atoms with Gasteiger partial charge in [0.1, 0.15) is 17.2 Å². The Morgan fingerprint density at radius 1 is 0.784 bits per heavy atom. The van der Waals surface area contributed by atoms with Crippen molar-refractivity contribution >= 4 is 0 Å². The van der Waals surface area contributed by atoms with Crippen LogP contribution in [0.15, 0.2) is 72.8 Å². The molecule has 3 aromatic carbocycles. The number of hydrogen-bond acceptors (Lipinski definition) is 4. The normalized spacial score (nSPS) is 19.4. The molecule has 5 rings (SSSR count). The number of likely N-dealkylation sites (tertiary alicyclic amines) is 1. The lowest BCUT2D eigenvalue weighted by molar-refractivity contribution is 0.248. The largest absolute Gasteiger partial charge is 0.508 e. The van der Waals surface area contributed by atoms with Crippen molar-refractivity contribution in [2.45, 2.75) is 63.2 Å². The zero-order valence-electron chi connectivity index (χ0n) is 22.0. The van der Waals surface area contributed by atoms with E-state index in [-0.39, 0.29) is 17.6 Å². The van der Waals surface area contributed by atoms with E-state index in [1.807, 2.05) is 18.2 Å². The predicted molar refractivity (Wildman–Crippen MR) is 150 cm³/mol. The third kappa shape index (κ3) is 6.87. The highest BCUT2D eigenvalue weighted by atomic mass is 16.5. The molecule has 0 aromatic heterocycles. The van der Waals surface area contributed by atoms with Crippen molar-refractivity contribution in [2.75, 3.05) is 32.8 Å². The van der Waals surface area contributed by atoms with Gasteiger partial charge in [0.2, 0.25) is 0 Å².